The molecule has 2 heterocycles. The van der Waals surface area contributed by atoms with E-state index in [1.807, 2.05) is 93.4 Å². The van der Waals surface area contributed by atoms with Crippen LogP contribution in [0.3, 0.4) is 0 Å². The quantitative estimate of drug-likeness (QED) is 0.125. The summed E-state index contributed by atoms with van der Waals surface area (Å²) in [6, 6.07) is 19.1. The molecule has 2 amide bonds. The third-order valence-electron chi connectivity index (χ3n) is 13.6. The first-order valence-electron chi connectivity index (χ1n) is 23.5. The van der Waals surface area contributed by atoms with E-state index in [-0.39, 0.29) is 53.7 Å². The van der Waals surface area contributed by atoms with E-state index in [0.29, 0.717) is 0 Å². The van der Waals surface area contributed by atoms with E-state index < -0.39 is 86.8 Å². The number of hydrogen-bond acceptors (Lipinski definition) is 13. The molecule has 3 fully saturated rings. The molecular formula is C49H80N2O13Si4. The molecule has 8 atom stereocenters. The Hall–Kier alpha value is -3.03. The van der Waals surface area contributed by atoms with Gasteiger partial charge in [-0.3, -0.25) is 28.9 Å². The summed E-state index contributed by atoms with van der Waals surface area (Å²) in [5.41, 5.74) is -0.453. The molecule has 2 aromatic carbocycles. The minimum atomic E-state index is -2.49. The number of carbonyl (C=O) groups is 4. The van der Waals surface area contributed by atoms with Gasteiger partial charge in [0.05, 0.1) is 12.8 Å². The number of aliphatic hydroxyl groups is 3. The van der Waals surface area contributed by atoms with Crippen LogP contribution in [0.25, 0.3) is 0 Å². The molecule has 0 bridgehead atoms. The molecule has 2 saturated heterocycles. The van der Waals surface area contributed by atoms with E-state index in [1.54, 1.807) is 12.2 Å². The maximum absolute atomic E-state index is 13.3. The number of hydroxylamine groups is 4. The van der Waals surface area contributed by atoms with Crippen molar-refractivity contribution in [2.45, 2.75) is 191 Å². The first-order chi connectivity index (χ1) is 31.2. The van der Waals surface area contributed by atoms with Crippen LogP contribution >= 0.6 is 0 Å². The number of benzene rings is 2. The molecule has 2 aliphatic heterocycles. The number of amides is 2. The molecule has 3 N–H and O–H groups in total. The summed E-state index contributed by atoms with van der Waals surface area (Å²) in [5, 5.41) is 31.3. The van der Waals surface area contributed by atoms with Gasteiger partial charge >= 0.3 is 0 Å². The maximum Gasteiger partial charge on any atom is 0.249 e. The van der Waals surface area contributed by atoms with Crippen molar-refractivity contribution in [3.63, 3.8) is 0 Å². The fourth-order valence-corrected chi connectivity index (χ4v) is 12.6. The second-order valence-corrected chi connectivity index (χ2v) is 41.6. The Labute approximate surface area is 408 Å². The summed E-state index contributed by atoms with van der Waals surface area (Å²) in [6.07, 6.45) is -3.27. The lowest BCUT2D eigenvalue weighted by Gasteiger charge is -2.61. The molecule has 4 aliphatic rings. The largest absolute Gasteiger partial charge is 0.409 e. The normalized spacial score (nSPS) is 27.9. The molecule has 1 saturated carbocycles. The van der Waals surface area contributed by atoms with Crippen LogP contribution in [-0.4, -0.2) is 137 Å². The van der Waals surface area contributed by atoms with E-state index in [2.05, 4.69) is 74.3 Å². The standard InChI is InChI=1S/C24H39NO7Si2.C24H37NO5Si2.CH4O/c1-23(2,3)34(7,8)31-20-18(27)19(28)21(29)24(22(20)32-33(4,5)6)14-17(26)25(24)30-15-16-12-10-9-11-13-16;1-23(2,3)32(7,8)29-21-19(26)14-15-24(22(21)30-31(4,5)6)16-20(27)25(24)28-17-18-12-10-9-11-13-18;1-2/h9-13,19-22,28-29H,14-15H2,1-8H3;9-15,21-22H,16-17H2,1-8H3;2H,1H3/t19-,20-,21-,22-,24-;21-,22-,24+;/m11./s1. The summed E-state index contributed by atoms with van der Waals surface area (Å²) in [6.45, 7) is 33.5. The Balaban J connectivity index is 0.000000287. The summed E-state index contributed by atoms with van der Waals surface area (Å²) in [4.78, 5) is 63.8. The Morgan fingerprint density at radius 3 is 1.41 bits per heavy atom. The summed E-state index contributed by atoms with van der Waals surface area (Å²) in [7, 11) is -8.16. The van der Waals surface area contributed by atoms with Crippen LogP contribution < -0.4 is 0 Å². The molecule has 0 aromatic heterocycles. The zero-order chi connectivity index (χ0) is 51.6. The van der Waals surface area contributed by atoms with Gasteiger partial charge in [0.25, 0.3) is 0 Å². The van der Waals surface area contributed by atoms with Crippen LogP contribution in [0.5, 0.6) is 0 Å². The van der Waals surface area contributed by atoms with E-state index in [4.69, 9.17) is 32.5 Å². The van der Waals surface area contributed by atoms with Crippen molar-refractivity contribution < 1.29 is 61.9 Å². The summed E-state index contributed by atoms with van der Waals surface area (Å²) >= 11 is 0. The van der Waals surface area contributed by atoms with Crippen LogP contribution in [0.15, 0.2) is 72.8 Å². The highest BCUT2D eigenvalue weighted by atomic mass is 28.4. The van der Waals surface area contributed by atoms with Gasteiger partial charge in [0.1, 0.15) is 60.9 Å². The monoisotopic (exact) mass is 1020 g/mol. The minimum Gasteiger partial charge on any atom is -0.409 e. The highest BCUT2D eigenvalue weighted by Gasteiger charge is 2.71. The van der Waals surface area contributed by atoms with Gasteiger partial charge in [-0.2, -0.15) is 0 Å². The molecule has 0 unspecified atom stereocenters. The maximum atomic E-state index is 13.3. The number of rotatable bonds is 14. The molecule has 6 rings (SSSR count). The lowest BCUT2D eigenvalue weighted by atomic mass is 9.67. The Morgan fingerprint density at radius 1 is 0.588 bits per heavy atom. The number of Topliss-reactive ketones (excluding diaryl/α,β-unsaturated/α-hetero) is 1. The Bertz CT molecular complexity index is 2100. The fourth-order valence-electron chi connectivity index (χ4n) is 7.97. The van der Waals surface area contributed by atoms with E-state index in [9.17, 15) is 29.4 Å². The average Bonchev–Trinajstić information content (AvgIpc) is 3.22. The number of carbonyl (C=O) groups excluding carboxylic acids is 4. The second-order valence-electron chi connectivity index (χ2n) is 23.2. The van der Waals surface area contributed by atoms with Crippen LogP contribution in [0.2, 0.25) is 75.5 Å². The molecule has 2 spiro atoms. The van der Waals surface area contributed by atoms with Crippen molar-refractivity contribution in [3.05, 3.63) is 83.9 Å². The Morgan fingerprint density at radius 2 is 1.00 bits per heavy atom. The SMILES string of the molecule is CC(C)(C)[Si](C)(C)O[C@@H]1C(=O)C=C[C@]2(CC(=O)N2OCc2ccccc2)[C@@H]1O[Si](C)(C)C.CC(C)(C)[Si](C)(C)O[C@@H]1C(=O)[C@@H](O)[C@@H](O)[C@]2(CC(=O)N2OCc2ccccc2)[C@@H]1O[Si](C)(C)C.CO. The molecule has 15 nitrogen and oxygen atoms in total. The second kappa shape index (κ2) is 21.4. The van der Waals surface area contributed by atoms with Crippen LogP contribution in [0, 0.1) is 0 Å². The van der Waals surface area contributed by atoms with Gasteiger partial charge in [0.15, 0.2) is 44.8 Å². The molecule has 0 radical (unpaired) electrons. The third-order valence-corrected chi connectivity index (χ3v) is 24.5. The predicted molar refractivity (Wildman–Crippen MR) is 271 cm³/mol. The van der Waals surface area contributed by atoms with Crippen molar-refractivity contribution in [2.24, 2.45) is 0 Å². The lowest BCUT2D eigenvalue weighted by Crippen LogP contribution is -2.83. The van der Waals surface area contributed by atoms with Crippen LogP contribution in [0.1, 0.15) is 65.5 Å². The van der Waals surface area contributed by atoms with Crippen molar-refractivity contribution in [1.82, 2.24) is 10.1 Å². The van der Waals surface area contributed by atoms with Gasteiger partial charge in [0.2, 0.25) is 11.8 Å². The van der Waals surface area contributed by atoms with Crippen LogP contribution in [0.4, 0.5) is 0 Å². The highest BCUT2D eigenvalue weighted by molar-refractivity contribution is 6.75. The third kappa shape index (κ3) is 12.5. The summed E-state index contributed by atoms with van der Waals surface area (Å²) < 4.78 is 26.3. The van der Waals surface area contributed by atoms with E-state index >= 15 is 0 Å². The smallest absolute Gasteiger partial charge is 0.249 e. The molecule has 2 aliphatic carbocycles. The van der Waals surface area contributed by atoms with Gasteiger partial charge in [-0.25, -0.2) is 10.1 Å². The number of β-lactam (4-membered cyclic amide) rings is 2. The number of ketones is 2. The van der Waals surface area contributed by atoms with E-state index in [0.717, 1.165) is 23.3 Å². The molecule has 2 aromatic rings. The number of nitrogens with zero attached hydrogens (tertiary/aromatic N) is 2. The minimum absolute atomic E-state index is 0.0652. The van der Waals surface area contributed by atoms with Crippen molar-refractivity contribution in [2.75, 3.05) is 7.11 Å². The number of aliphatic hydroxyl groups excluding tert-OH is 3. The first kappa shape index (κ1) is 57.5. The van der Waals surface area contributed by atoms with Gasteiger partial charge in [-0.1, -0.05) is 102 Å². The first-order valence-corrected chi connectivity index (χ1v) is 36.1. The lowest BCUT2D eigenvalue weighted by molar-refractivity contribution is -0.317. The van der Waals surface area contributed by atoms with Gasteiger partial charge in [-0.05, 0) is 98.8 Å². The molecule has 19 heteroatoms. The zero-order valence-corrected chi connectivity index (χ0v) is 47.5. The topological polar surface area (TPSA) is 191 Å². The summed E-state index contributed by atoms with van der Waals surface area (Å²) in [5.74, 6) is -1.18. The molecular weight excluding hydrogens is 937 g/mol. The number of hydrogen-bond donors (Lipinski definition) is 3. The van der Waals surface area contributed by atoms with Crippen LogP contribution in [-0.2, 0) is 59.8 Å². The molecule has 380 valence electrons. The van der Waals surface area contributed by atoms with Crippen molar-refractivity contribution in [3.8, 4) is 0 Å². The van der Waals surface area contributed by atoms with Crippen molar-refractivity contribution >= 4 is 56.7 Å². The van der Waals surface area contributed by atoms with E-state index in [1.165, 1.54) is 5.06 Å². The molecule has 68 heavy (non-hydrogen) atoms. The average molecular weight is 1020 g/mol. The fraction of sp³-hybridized carbons (Fsp3) is 0.633. The predicted octanol–water partition coefficient (Wildman–Crippen LogP) is 7.45. The van der Waals surface area contributed by atoms with Gasteiger partial charge in [-0.15, -0.1) is 0 Å². The Kier molecular flexibility index (Phi) is 18.1. The van der Waals surface area contributed by atoms with Crippen molar-refractivity contribution in [1.29, 1.82) is 0 Å². The zero-order valence-electron chi connectivity index (χ0n) is 43.5. The van der Waals surface area contributed by atoms with Gasteiger partial charge in [0, 0.05) is 7.11 Å². The van der Waals surface area contributed by atoms with Gasteiger partial charge < -0.3 is 33.0 Å². The highest BCUT2D eigenvalue weighted by Crippen LogP contribution is 2.50.